The second-order valence-electron chi connectivity index (χ2n) is 3.61. The lowest BCUT2D eigenvalue weighted by Crippen LogP contribution is -2.03. The molecule has 0 amide bonds. The number of aromatic nitrogens is 2. The summed E-state index contributed by atoms with van der Waals surface area (Å²) in [4.78, 5) is 10.4. The van der Waals surface area contributed by atoms with Gasteiger partial charge >= 0.3 is 5.97 Å². The summed E-state index contributed by atoms with van der Waals surface area (Å²) in [6, 6.07) is 2.02. The number of thioether (sulfide) groups is 1. The molecule has 0 fully saturated rings. The normalized spacial score (nSPS) is 12.7. The van der Waals surface area contributed by atoms with Crippen LogP contribution < -0.4 is 0 Å². The van der Waals surface area contributed by atoms with Crippen LogP contribution in [0.25, 0.3) is 0 Å². The second kappa shape index (κ2) is 5.21. The van der Waals surface area contributed by atoms with Crippen LogP contribution in [0.4, 0.5) is 0 Å². The summed E-state index contributed by atoms with van der Waals surface area (Å²) in [5.41, 5.74) is 0.991. The SMILES string of the molecule is Cc1cc(SC(C)CCC(=O)O)n(C)n1. The zero-order chi connectivity index (χ0) is 11.4. The van der Waals surface area contributed by atoms with Gasteiger partial charge in [0.05, 0.1) is 10.7 Å². The van der Waals surface area contributed by atoms with Gasteiger partial charge in [-0.2, -0.15) is 5.10 Å². The van der Waals surface area contributed by atoms with Gasteiger partial charge in [0.15, 0.2) is 0 Å². The lowest BCUT2D eigenvalue weighted by molar-refractivity contribution is -0.137. The highest BCUT2D eigenvalue weighted by Crippen LogP contribution is 2.25. The number of aliphatic carboxylic acids is 1. The van der Waals surface area contributed by atoms with Crippen molar-refractivity contribution in [2.24, 2.45) is 7.05 Å². The number of hydrogen-bond donors (Lipinski definition) is 1. The summed E-state index contributed by atoms with van der Waals surface area (Å²) in [7, 11) is 1.90. The molecule has 4 nitrogen and oxygen atoms in total. The number of nitrogens with zero attached hydrogens (tertiary/aromatic N) is 2. The van der Waals surface area contributed by atoms with Gasteiger partial charge in [-0.3, -0.25) is 9.48 Å². The molecule has 1 heterocycles. The van der Waals surface area contributed by atoms with Crippen LogP contribution >= 0.6 is 11.8 Å². The van der Waals surface area contributed by atoms with E-state index in [1.54, 1.807) is 11.8 Å². The van der Waals surface area contributed by atoms with Crippen LogP contribution in [0.1, 0.15) is 25.5 Å². The topological polar surface area (TPSA) is 55.1 Å². The lowest BCUT2D eigenvalue weighted by atomic mass is 10.2. The van der Waals surface area contributed by atoms with Gasteiger partial charge in [-0.25, -0.2) is 0 Å². The summed E-state index contributed by atoms with van der Waals surface area (Å²) < 4.78 is 1.83. The quantitative estimate of drug-likeness (QED) is 0.784. The highest BCUT2D eigenvalue weighted by atomic mass is 32.2. The monoisotopic (exact) mass is 228 g/mol. The Hall–Kier alpha value is -0.970. The maximum atomic E-state index is 10.4. The molecule has 0 aliphatic carbocycles. The first-order valence-corrected chi connectivity index (χ1v) is 5.76. The lowest BCUT2D eigenvalue weighted by Gasteiger charge is -2.08. The summed E-state index contributed by atoms with van der Waals surface area (Å²) in [5, 5.41) is 14.2. The third-order valence-corrected chi connectivity index (χ3v) is 3.31. The van der Waals surface area contributed by atoms with Gasteiger partial charge in [0, 0.05) is 18.7 Å². The molecule has 1 aromatic rings. The molecular weight excluding hydrogens is 212 g/mol. The van der Waals surface area contributed by atoms with E-state index >= 15 is 0 Å². The van der Waals surface area contributed by atoms with Gasteiger partial charge in [-0.1, -0.05) is 6.92 Å². The molecule has 1 unspecified atom stereocenters. The molecule has 1 aromatic heterocycles. The van der Waals surface area contributed by atoms with E-state index < -0.39 is 5.97 Å². The third-order valence-electron chi connectivity index (χ3n) is 2.05. The van der Waals surface area contributed by atoms with Crippen LogP contribution in [0.15, 0.2) is 11.1 Å². The Morgan fingerprint density at radius 1 is 1.73 bits per heavy atom. The van der Waals surface area contributed by atoms with Gasteiger partial charge in [-0.05, 0) is 19.4 Å². The minimum Gasteiger partial charge on any atom is -0.481 e. The molecule has 0 aromatic carbocycles. The van der Waals surface area contributed by atoms with Crippen molar-refractivity contribution in [3.05, 3.63) is 11.8 Å². The molecule has 1 atom stereocenters. The standard InChI is InChI=1S/C10H16N2O2S/c1-7-6-9(12(3)11-7)15-8(2)4-5-10(13)14/h6,8H,4-5H2,1-3H3,(H,13,14). The first-order chi connectivity index (χ1) is 6.99. The van der Waals surface area contributed by atoms with Crippen molar-refractivity contribution in [1.29, 1.82) is 0 Å². The van der Waals surface area contributed by atoms with Crippen LogP contribution in [0.3, 0.4) is 0 Å². The Morgan fingerprint density at radius 3 is 2.87 bits per heavy atom. The summed E-state index contributed by atoms with van der Waals surface area (Å²) in [6.07, 6.45) is 0.912. The Kier molecular flexibility index (Phi) is 4.20. The van der Waals surface area contributed by atoms with Crippen LogP contribution in [-0.4, -0.2) is 26.1 Å². The molecular formula is C10H16N2O2S. The Morgan fingerprint density at radius 2 is 2.40 bits per heavy atom. The summed E-state index contributed by atoms with van der Waals surface area (Å²) >= 11 is 1.67. The van der Waals surface area contributed by atoms with Crippen LogP contribution in [0, 0.1) is 6.92 Å². The smallest absolute Gasteiger partial charge is 0.303 e. The predicted molar refractivity (Wildman–Crippen MR) is 60.1 cm³/mol. The molecule has 0 aliphatic rings. The van der Waals surface area contributed by atoms with Gasteiger partial charge in [0.2, 0.25) is 0 Å². The van der Waals surface area contributed by atoms with Gasteiger partial charge < -0.3 is 5.11 Å². The molecule has 0 radical (unpaired) electrons. The van der Waals surface area contributed by atoms with Gasteiger partial charge in [0.25, 0.3) is 0 Å². The third kappa shape index (κ3) is 3.95. The van der Waals surface area contributed by atoms with Crippen molar-refractivity contribution in [2.75, 3.05) is 0 Å². The first-order valence-electron chi connectivity index (χ1n) is 4.88. The van der Waals surface area contributed by atoms with Crippen molar-refractivity contribution in [2.45, 2.75) is 37.0 Å². The van der Waals surface area contributed by atoms with E-state index in [0.29, 0.717) is 11.7 Å². The Labute approximate surface area is 93.7 Å². The zero-order valence-corrected chi connectivity index (χ0v) is 10.0. The molecule has 1 rings (SSSR count). The Balaban J connectivity index is 2.47. The average molecular weight is 228 g/mol. The van der Waals surface area contributed by atoms with Crippen LogP contribution in [-0.2, 0) is 11.8 Å². The average Bonchev–Trinajstić information content (AvgIpc) is 2.42. The molecule has 1 N–H and O–H groups in total. The van der Waals surface area contributed by atoms with Crippen molar-refractivity contribution in [3.8, 4) is 0 Å². The highest BCUT2D eigenvalue weighted by Gasteiger charge is 2.10. The van der Waals surface area contributed by atoms with Gasteiger partial charge in [-0.15, -0.1) is 11.8 Å². The summed E-state index contributed by atoms with van der Waals surface area (Å²) in [6.45, 7) is 3.99. The number of carboxylic acid groups (broad SMARTS) is 1. The fourth-order valence-corrected chi connectivity index (χ4v) is 2.37. The largest absolute Gasteiger partial charge is 0.481 e. The van der Waals surface area contributed by atoms with E-state index in [-0.39, 0.29) is 6.42 Å². The van der Waals surface area contributed by atoms with E-state index in [4.69, 9.17) is 5.11 Å². The molecule has 0 saturated carbocycles. The van der Waals surface area contributed by atoms with E-state index in [9.17, 15) is 4.79 Å². The maximum absolute atomic E-state index is 10.4. The van der Waals surface area contributed by atoms with E-state index in [2.05, 4.69) is 5.10 Å². The zero-order valence-electron chi connectivity index (χ0n) is 9.23. The maximum Gasteiger partial charge on any atom is 0.303 e. The Bertz CT molecular complexity index is 349. The van der Waals surface area contributed by atoms with Crippen molar-refractivity contribution >= 4 is 17.7 Å². The van der Waals surface area contributed by atoms with Crippen molar-refractivity contribution in [1.82, 2.24) is 9.78 Å². The predicted octanol–water partition coefficient (Wildman–Crippen LogP) is 2.07. The molecule has 15 heavy (non-hydrogen) atoms. The number of carboxylic acids is 1. The number of aryl methyl sites for hydroxylation is 2. The molecule has 0 bridgehead atoms. The summed E-state index contributed by atoms with van der Waals surface area (Å²) in [5.74, 6) is -0.733. The second-order valence-corrected chi connectivity index (χ2v) is 5.07. The molecule has 84 valence electrons. The number of rotatable bonds is 5. The number of hydrogen-bond acceptors (Lipinski definition) is 3. The number of carbonyl (C=O) groups is 1. The fraction of sp³-hybridized carbons (Fsp3) is 0.600. The van der Waals surface area contributed by atoms with Crippen molar-refractivity contribution < 1.29 is 9.90 Å². The van der Waals surface area contributed by atoms with E-state index in [1.807, 2.05) is 31.6 Å². The first kappa shape index (κ1) is 12.1. The molecule has 0 spiro atoms. The van der Waals surface area contributed by atoms with Crippen molar-refractivity contribution in [3.63, 3.8) is 0 Å². The minimum atomic E-state index is -0.733. The minimum absolute atomic E-state index is 0.227. The molecule has 5 heteroatoms. The molecule has 0 saturated heterocycles. The van der Waals surface area contributed by atoms with Crippen LogP contribution in [0.2, 0.25) is 0 Å². The van der Waals surface area contributed by atoms with Crippen LogP contribution in [0.5, 0.6) is 0 Å². The highest BCUT2D eigenvalue weighted by molar-refractivity contribution is 7.99. The van der Waals surface area contributed by atoms with Gasteiger partial charge in [0.1, 0.15) is 0 Å². The van der Waals surface area contributed by atoms with E-state index in [0.717, 1.165) is 10.7 Å². The fourth-order valence-electron chi connectivity index (χ4n) is 1.29. The van der Waals surface area contributed by atoms with E-state index in [1.165, 1.54) is 0 Å². The molecule has 0 aliphatic heterocycles.